The standard InChI is InChI=1S/C31H41N3O4/c1-31(2,3)26(29(36)37)19-22-8-7-11-25(18-22)32-28(35)27(23-9-5-6-10-23)24-14-12-21(13-15-24)20-34-17-16-33(4)30(34)38/h7-8,11-15,18,23,26-27H,5-6,9-10,16-17,19-20H2,1-4H3,(H,32,35)(H,36,37). The van der Waals surface area contributed by atoms with Crippen LogP contribution >= 0.6 is 0 Å². The maximum atomic E-state index is 13.7. The number of benzene rings is 2. The molecule has 4 rings (SSSR count). The van der Waals surface area contributed by atoms with Crippen LogP contribution in [0.5, 0.6) is 0 Å². The molecule has 7 heteroatoms. The number of likely N-dealkylation sites (N-methyl/N-ethyl adjacent to an activating group) is 1. The molecule has 2 atom stereocenters. The Morgan fingerprint density at radius 3 is 2.29 bits per heavy atom. The summed E-state index contributed by atoms with van der Waals surface area (Å²) in [5, 5.41) is 12.9. The summed E-state index contributed by atoms with van der Waals surface area (Å²) < 4.78 is 0. The second kappa shape index (κ2) is 11.6. The SMILES string of the molecule is CN1CCN(Cc2ccc(C(C(=O)Nc3cccc(CC(C(=O)O)C(C)(C)C)c3)C3CCCC3)cc2)C1=O. The fourth-order valence-corrected chi connectivity index (χ4v) is 5.82. The van der Waals surface area contributed by atoms with Crippen LogP contribution < -0.4 is 5.32 Å². The molecule has 204 valence electrons. The molecule has 2 N–H and O–H groups in total. The number of amides is 3. The summed E-state index contributed by atoms with van der Waals surface area (Å²) in [7, 11) is 1.82. The monoisotopic (exact) mass is 519 g/mol. The van der Waals surface area contributed by atoms with Gasteiger partial charge in [0.15, 0.2) is 0 Å². The van der Waals surface area contributed by atoms with Gasteiger partial charge in [0.1, 0.15) is 0 Å². The Hall–Kier alpha value is -3.35. The number of hydrogen-bond donors (Lipinski definition) is 2. The van der Waals surface area contributed by atoms with Crippen molar-refractivity contribution in [3.8, 4) is 0 Å². The summed E-state index contributed by atoms with van der Waals surface area (Å²) in [6.07, 6.45) is 4.73. The van der Waals surface area contributed by atoms with Gasteiger partial charge in [0, 0.05) is 32.4 Å². The number of carbonyl (C=O) groups is 3. The van der Waals surface area contributed by atoms with Gasteiger partial charge in [0.25, 0.3) is 0 Å². The van der Waals surface area contributed by atoms with Gasteiger partial charge >= 0.3 is 12.0 Å². The molecule has 1 heterocycles. The van der Waals surface area contributed by atoms with E-state index in [0.29, 0.717) is 18.7 Å². The molecule has 2 aromatic carbocycles. The Morgan fingerprint density at radius 1 is 1.03 bits per heavy atom. The van der Waals surface area contributed by atoms with E-state index in [9.17, 15) is 19.5 Å². The molecule has 0 aromatic heterocycles. The van der Waals surface area contributed by atoms with E-state index in [4.69, 9.17) is 0 Å². The molecule has 1 saturated heterocycles. The van der Waals surface area contributed by atoms with Crippen molar-refractivity contribution in [2.45, 2.75) is 65.3 Å². The number of nitrogens with zero attached hydrogens (tertiary/aromatic N) is 2. The molecule has 2 aliphatic rings. The summed E-state index contributed by atoms with van der Waals surface area (Å²) in [5.41, 5.74) is 3.28. The van der Waals surface area contributed by atoms with Gasteiger partial charge in [-0.25, -0.2) is 4.79 Å². The van der Waals surface area contributed by atoms with E-state index in [0.717, 1.165) is 55.5 Å². The Labute approximate surface area is 226 Å². The third-order valence-corrected chi connectivity index (χ3v) is 8.15. The molecule has 0 bridgehead atoms. The Bertz CT molecular complexity index is 1150. The number of anilines is 1. The quantitative estimate of drug-likeness (QED) is 0.441. The zero-order valence-electron chi connectivity index (χ0n) is 23.1. The minimum absolute atomic E-state index is 0.0243. The van der Waals surface area contributed by atoms with Crippen LogP contribution in [0, 0.1) is 17.3 Å². The minimum Gasteiger partial charge on any atom is -0.481 e. The lowest BCUT2D eigenvalue weighted by atomic mass is 9.77. The Morgan fingerprint density at radius 2 is 1.71 bits per heavy atom. The van der Waals surface area contributed by atoms with Crippen molar-refractivity contribution < 1.29 is 19.5 Å². The smallest absolute Gasteiger partial charge is 0.320 e. The molecule has 1 aliphatic heterocycles. The van der Waals surface area contributed by atoms with Crippen LogP contribution in [0.1, 0.15) is 69.1 Å². The van der Waals surface area contributed by atoms with Gasteiger partial charge in [0.2, 0.25) is 5.91 Å². The minimum atomic E-state index is -0.808. The van der Waals surface area contributed by atoms with Crippen molar-refractivity contribution in [1.82, 2.24) is 9.80 Å². The molecular formula is C31H41N3O4. The number of aliphatic carboxylic acids is 1. The fourth-order valence-electron chi connectivity index (χ4n) is 5.82. The second-order valence-electron chi connectivity index (χ2n) is 12.0. The number of hydrogen-bond acceptors (Lipinski definition) is 3. The Balaban J connectivity index is 1.49. The van der Waals surface area contributed by atoms with Crippen LogP contribution in [0.4, 0.5) is 10.5 Å². The van der Waals surface area contributed by atoms with Gasteiger partial charge in [-0.3, -0.25) is 9.59 Å². The van der Waals surface area contributed by atoms with Crippen molar-refractivity contribution >= 4 is 23.6 Å². The number of urea groups is 1. The van der Waals surface area contributed by atoms with Gasteiger partial charge in [-0.2, -0.15) is 0 Å². The van der Waals surface area contributed by atoms with Crippen molar-refractivity contribution in [3.05, 3.63) is 65.2 Å². The molecule has 3 amide bonds. The average Bonchev–Trinajstić information content (AvgIpc) is 3.49. The van der Waals surface area contributed by atoms with Crippen molar-refractivity contribution in [1.29, 1.82) is 0 Å². The topological polar surface area (TPSA) is 89.9 Å². The number of carbonyl (C=O) groups excluding carboxylic acids is 2. The van der Waals surface area contributed by atoms with Crippen molar-refractivity contribution in [2.75, 3.05) is 25.5 Å². The predicted molar refractivity (Wildman–Crippen MR) is 149 cm³/mol. The molecule has 0 radical (unpaired) electrons. The van der Waals surface area contributed by atoms with Gasteiger partial charge in [0.05, 0.1) is 11.8 Å². The maximum Gasteiger partial charge on any atom is 0.320 e. The molecule has 2 unspecified atom stereocenters. The fraction of sp³-hybridized carbons (Fsp3) is 0.516. The van der Waals surface area contributed by atoms with E-state index >= 15 is 0 Å². The maximum absolute atomic E-state index is 13.7. The first kappa shape index (κ1) is 27.7. The first-order chi connectivity index (χ1) is 18.0. The number of nitrogens with one attached hydrogen (secondary N) is 1. The number of carboxylic acids is 1. The Kier molecular flexibility index (Phi) is 8.44. The zero-order chi connectivity index (χ0) is 27.4. The van der Waals surface area contributed by atoms with Crippen LogP contribution in [0.15, 0.2) is 48.5 Å². The highest BCUT2D eigenvalue weighted by atomic mass is 16.4. The summed E-state index contributed by atoms with van der Waals surface area (Å²) in [5.74, 6) is -1.32. The summed E-state index contributed by atoms with van der Waals surface area (Å²) in [6.45, 7) is 7.87. The summed E-state index contributed by atoms with van der Waals surface area (Å²) >= 11 is 0. The lowest BCUT2D eigenvalue weighted by Gasteiger charge is -2.27. The average molecular weight is 520 g/mol. The van der Waals surface area contributed by atoms with Crippen LogP contribution in [0.25, 0.3) is 0 Å². The lowest BCUT2D eigenvalue weighted by molar-refractivity contribution is -0.145. The largest absolute Gasteiger partial charge is 0.481 e. The van der Waals surface area contributed by atoms with E-state index in [-0.39, 0.29) is 29.2 Å². The normalized spacial score (nSPS) is 18.1. The van der Waals surface area contributed by atoms with E-state index in [1.165, 1.54) is 0 Å². The highest BCUT2D eigenvalue weighted by Crippen LogP contribution is 2.38. The molecule has 2 aromatic rings. The highest BCUT2D eigenvalue weighted by Gasteiger charge is 2.33. The predicted octanol–water partition coefficient (Wildman–Crippen LogP) is 5.76. The van der Waals surface area contributed by atoms with Gasteiger partial charge in [-0.05, 0) is 59.4 Å². The van der Waals surface area contributed by atoms with Crippen LogP contribution in [-0.2, 0) is 22.6 Å². The van der Waals surface area contributed by atoms with Crippen molar-refractivity contribution in [3.63, 3.8) is 0 Å². The third kappa shape index (κ3) is 6.55. The second-order valence-corrected chi connectivity index (χ2v) is 12.0. The molecule has 38 heavy (non-hydrogen) atoms. The van der Waals surface area contributed by atoms with Crippen LogP contribution in [-0.4, -0.2) is 53.0 Å². The van der Waals surface area contributed by atoms with Crippen molar-refractivity contribution in [2.24, 2.45) is 17.3 Å². The van der Waals surface area contributed by atoms with Gasteiger partial charge in [-0.1, -0.05) is 70.0 Å². The van der Waals surface area contributed by atoms with E-state index in [2.05, 4.69) is 5.32 Å². The lowest BCUT2D eigenvalue weighted by Crippen LogP contribution is -2.30. The first-order valence-electron chi connectivity index (χ1n) is 13.7. The van der Waals surface area contributed by atoms with E-state index < -0.39 is 11.9 Å². The molecule has 2 fully saturated rings. The van der Waals surface area contributed by atoms with Crippen LogP contribution in [0.3, 0.4) is 0 Å². The van der Waals surface area contributed by atoms with E-state index in [1.807, 2.05) is 81.2 Å². The zero-order valence-corrected chi connectivity index (χ0v) is 23.1. The van der Waals surface area contributed by atoms with Gasteiger partial charge < -0.3 is 20.2 Å². The number of rotatable bonds is 9. The molecule has 1 aliphatic carbocycles. The summed E-state index contributed by atoms with van der Waals surface area (Å²) in [4.78, 5) is 41.4. The first-order valence-corrected chi connectivity index (χ1v) is 13.7. The number of carboxylic acid groups (broad SMARTS) is 1. The molecule has 1 saturated carbocycles. The summed E-state index contributed by atoms with van der Waals surface area (Å²) in [6, 6.07) is 15.8. The third-order valence-electron chi connectivity index (χ3n) is 8.15. The molecule has 7 nitrogen and oxygen atoms in total. The molecular weight excluding hydrogens is 478 g/mol. The highest BCUT2D eigenvalue weighted by molar-refractivity contribution is 5.96. The van der Waals surface area contributed by atoms with Gasteiger partial charge in [-0.15, -0.1) is 0 Å². The van der Waals surface area contributed by atoms with E-state index in [1.54, 1.807) is 4.90 Å². The van der Waals surface area contributed by atoms with Crippen LogP contribution in [0.2, 0.25) is 0 Å². The molecule has 0 spiro atoms.